The number of halogens is 2. The second-order valence-corrected chi connectivity index (χ2v) is 8.80. The standard InChI is InChI=1S/C23H22F2N2O3S/c1-27(16-17-7-9-19(10-8-17)18-5-3-2-4-6-18)23(28)13-14-26-31(29,30)20-11-12-21(24)22(25)15-20/h2-12,15,26H,13-14,16H2,1H3. The van der Waals surface area contributed by atoms with E-state index in [-0.39, 0.29) is 18.9 Å². The number of amides is 1. The van der Waals surface area contributed by atoms with E-state index in [9.17, 15) is 22.0 Å². The van der Waals surface area contributed by atoms with Gasteiger partial charge in [-0.05, 0) is 34.9 Å². The van der Waals surface area contributed by atoms with Crippen molar-refractivity contribution in [3.05, 3.63) is 90.0 Å². The summed E-state index contributed by atoms with van der Waals surface area (Å²) in [5.41, 5.74) is 3.12. The second-order valence-electron chi connectivity index (χ2n) is 7.04. The highest BCUT2D eigenvalue weighted by atomic mass is 32.2. The third-order valence-corrected chi connectivity index (χ3v) is 6.20. The zero-order valence-electron chi connectivity index (χ0n) is 16.9. The molecule has 0 spiro atoms. The van der Waals surface area contributed by atoms with Crippen molar-refractivity contribution in [1.29, 1.82) is 0 Å². The number of nitrogens with zero attached hydrogens (tertiary/aromatic N) is 1. The van der Waals surface area contributed by atoms with Gasteiger partial charge in [0.2, 0.25) is 15.9 Å². The van der Waals surface area contributed by atoms with E-state index in [2.05, 4.69) is 4.72 Å². The fourth-order valence-corrected chi connectivity index (χ4v) is 4.05. The zero-order chi connectivity index (χ0) is 22.4. The largest absolute Gasteiger partial charge is 0.341 e. The number of carbonyl (C=O) groups excluding carboxylic acids is 1. The van der Waals surface area contributed by atoms with E-state index in [1.54, 1.807) is 7.05 Å². The van der Waals surface area contributed by atoms with Crippen LogP contribution in [-0.2, 0) is 21.4 Å². The first-order valence-corrected chi connectivity index (χ1v) is 11.1. The van der Waals surface area contributed by atoms with Crippen molar-refractivity contribution < 1.29 is 22.0 Å². The average Bonchev–Trinajstić information content (AvgIpc) is 2.76. The number of hydrogen-bond donors (Lipinski definition) is 1. The van der Waals surface area contributed by atoms with Crippen LogP contribution in [0.4, 0.5) is 8.78 Å². The number of nitrogens with one attached hydrogen (secondary N) is 1. The maximum atomic E-state index is 13.3. The Morgan fingerprint density at radius 1 is 0.903 bits per heavy atom. The van der Waals surface area contributed by atoms with E-state index in [0.717, 1.165) is 28.8 Å². The summed E-state index contributed by atoms with van der Waals surface area (Å²) in [6, 6.07) is 20.1. The highest BCUT2D eigenvalue weighted by Gasteiger charge is 2.17. The summed E-state index contributed by atoms with van der Waals surface area (Å²) in [5.74, 6) is -2.63. The second kappa shape index (κ2) is 9.80. The van der Waals surface area contributed by atoms with Gasteiger partial charge in [0.15, 0.2) is 11.6 Å². The quantitative estimate of drug-likeness (QED) is 0.572. The first-order valence-electron chi connectivity index (χ1n) is 9.59. The average molecular weight is 445 g/mol. The number of carbonyl (C=O) groups is 1. The molecule has 0 saturated heterocycles. The molecule has 0 aliphatic rings. The maximum Gasteiger partial charge on any atom is 0.240 e. The molecule has 3 rings (SSSR count). The molecule has 0 fully saturated rings. The molecule has 0 bridgehead atoms. The van der Waals surface area contributed by atoms with Crippen LogP contribution in [0.15, 0.2) is 77.7 Å². The molecule has 31 heavy (non-hydrogen) atoms. The summed E-state index contributed by atoms with van der Waals surface area (Å²) in [4.78, 5) is 13.4. The van der Waals surface area contributed by atoms with Gasteiger partial charge in [0.25, 0.3) is 0 Å². The van der Waals surface area contributed by atoms with Gasteiger partial charge in [-0.15, -0.1) is 0 Å². The Labute approximate surface area is 180 Å². The Hall–Kier alpha value is -3.10. The van der Waals surface area contributed by atoms with Crippen LogP contribution in [0.25, 0.3) is 11.1 Å². The molecule has 0 aliphatic carbocycles. The minimum Gasteiger partial charge on any atom is -0.341 e. The third-order valence-electron chi connectivity index (χ3n) is 4.74. The first kappa shape index (κ1) is 22.6. The maximum absolute atomic E-state index is 13.3. The lowest BCUT2D eigenvalue weighted by Crippen LogP contribution is -2.32. The van der Waals surface area contributed by atoms with Gasteiger partial charge in [-0.1, -0.05) is 54.6 Å². The van der Waals surface area contributed by atoms with E-state index in [0.29, 0.717) is 12.6 Å². The van der Waals surface area contributed by atoms with E-state index in [1.165, 1.54) is 4.90 Å². The molecule has 0 heterocycles. The fraction of sp³-hybridized carbons (Fsp3) is 0.174. The SMILES string of the molecule is CN(Cc1ccc(-c2ccccc2)cc1)C(=O)CCNS(=O)(=O)c1ccc(F)c(F)c1. The van der Waals surface area contributed by atoms with Crippen molar-refractivity contribution in [2.75, 3.05) is 13.6 Å². The lowest BCUT2D eigenvalue weighted by atomic mass is 10.0. The van der Waals surface area contributed by atoms with Gasteiger partial charge in [-0.2, -0.15) is 0 Å². The van der Waals surface area contributed by atoms with Crippen LogP contribution in [0.5, 0.6) is 0 Å². The Morgan fingerprint density at radius 3 is 2.19 bits per heavy atom. The molecule has 1 N–H and O–H groups in total. The van der Waals surface area contributed by atoms with Crippen LogP contribution in [-0.4, -0.2) is 32.8 Å². The molecule has 3 aromatic carbocycles. The fourth-order valence-electron chi connectivity index (χ4n) is 3.01. The smallest absolute Gasteiger partial charge is 0.240 e. The van der Waals surface area contributed by atoms with Crippen LogP contribution in [0.2, 0.25) is 0 Å². The van der Waals surface area contributed by atoms with Crippen molar-refractivity contribution in [1.82, 2.24) is 9.62 Å². The highest BCUT2D eigenvalue weighted by Crippen LogP contribution is 2.20. The van der Waals surface area contributed by atoms with Gasteiger partial charge in [-0.3, -0.25) is 4.79 Å². The highest BCUT2D eigenvalue weighted by molar-refractivity contribution is 7.89. The van der Waals surface area contributed by atoms with Gasteiger partial charge < -0.3 is 4.90 Å². The molecule has 8 heteroatoms. The van der Waals surface area contributed by atoms with Crippen molar-refractivity contribution >= 4 is 15.9 Å². The zero-order valence-corrected chi connectivity index (χ0v) is 17.7. The molecule has 0 atom stereocenters. The van der Waals surface area contributed by atoms with Crippen LogP contribution in [0.1, 0.15) is 12.0 Å². The molecule has 0 aromatic heterocycles. The number of rotatable bonds is 8. The molecule has 3 aromatic rings. The van der Waals surface area contributed by atoms with Crippen molar-refractivity contribution in [3.8, 4) is 11.1 Å². The van der Waals surface area contributed by atoms with Crippen LogP contribution in [0.3, 0.4) is 0 Å². The van der Waals surface area contributed by atoms with Crippen molar-refractivity contribution in [2.24, 2.45) is 0 Å². The molecule has 0 aliphatic heterocycles. The molecule has 0 saturated carbocycles. The summed E-state index contributed by atoms with van der Waals surface area (Å²) in [7, 11) is -2.40. The minimum absolute atomic E-state index is 0.0680. The van der Waals surface area contributed by atoms with E-state index in [1.807, 2.05) is 54.6 Å². The Morgan fingerprint density at radius 2 is 1.55 bits per heavy atom. The first-order chi connectivity index (χ1) is 14.8. The minimum atomic E-state index is -4.04. The van der Waals surface area contributed by atoms with Gasteiger partial charge in [-0.25, -0.2) is 21.9 Å². The molecule has 162 valence electrons. The summed E-state index contributed by atoms with van der Waals surface area (Å²) in [5, 5.41) is 0. The molecule has 0 radical (unpaired) electrons. The monoisotopic (exact) mass is 444 g/mol. The summed E-state index contributed by atoms with van der Waals surface area (Å²) >= 11 is 0. The van der Waals surface area contributed by atoms with Crippen LogP contribution < -0.4 is 4.72 Å². The molecular formula is C23H22F2N2O3S. The van der Waals surface area contributed by atoms with Gasteiger partial charge in [0.05, 0.1) is 4.90 Å². The van der Waals surface area contributed by atoms with Crippen molar-refractivity contribution in [3.63, 3.8) is 0 Å². The Balaban J connectivity index is 1.52. The van der Waals surface area contributed by atoms with Crippen LogP contribution in [0, 0.1) is 11.6 Å². The third kappa shape index (κ3) is 5.96. The normalized spacial score (nSPS) is 11.3. The number of hydrogen-bond acceptors (Lipinski definition) is 3. The summed E-state index contributed by atoms with van der Waals surface area (Å²) in [6.45, 7) is 0.223. The Kier molecular flexibility index (Phi) is 7.14. The van der Waals surface area contributed by atoms with Gasteiger partial charge in [0.1, 0.15) is 0 Å². The molecule has 0 unspecified atom stereocenters. The molecule has 1 amide bonds. The van der Waals surface area contributed by atoms with E-state index in [4.69, 9.17) is 0 Å². The Bertz CT molecular complexity index is 1150. The number of benzene rings is 3. The summed E-state index contributed by atoms with van der Waals surface area (Å²) < 4.78 is 52.8. The molecular weight excluding hydrogens is 422 g/mol. The van der Waals surface area contributed by atoms with Gasteiger partial charge in [0, 0.05) is 26.6 Å². The van der Waals surface area contributed by atoms with E-state index >= 15 is 0 Å². The van der Waals surface area contributed by atoms with Crippen LogP contribution >= 0.6 is 0 Å². The van der Waals surface area contributed by atoms with Crippen molar-refractivity contribution in [2.45, 2.75) is 17.9 Å². The lowest BCUT2D eigenvalue weighted by molar-refractivity contribution is -0.130. The summed E-state index contributed by atoms with van der Waals surface area (Å²) in [6.07, 6.45) is -0.0680. The topological polar surface area (TPSA) is 66.5 Å². The lowest BCUT2D eigenvalue weighted by Gasteiger charge is -2.18. The predicted molar refractivity (Wildman–Crippen MR) is 115 cm³/mol. The van der Waals surface area contributed by atoms with E-state index < -0.39 is 26.6 Å². The van der Waals surface area contributed by atoms with Gasteiger partial charge >= 0.3 is 0 Å². The predicted octanol–water partition coefficient (Wildman–Crippen LogP) is 3.96. The number of sulfonamides is 1. The molecule has 5 nitrogen and oxygen atoms in total.